The summed E-state index contributed by atoms with van der Waals surface area (Å²) in [6.07, 6.45) is 1.47. The van der Waals surface area contributed by atoms with Gasteiger partial charge in [0.05, 0.1) is 6.54 Å². The minimum Gasteiger partial charge on any atom is -0.306 e. The number of nitrogens with zero attached hydrogens (tertiary/aromatic N) is 2. The van der Waals surface area contributed by atoms with E-state index in [0.29, 0.717) is 23.1 Å². The summed E-state index contributed by atoms with van der Waals surface area (Å²) in [4.78, 5) is 4.00. The van der Waals surface area contributed by atoms with E-state index in [0.717, 1.165) is 11.4 Å². The zero-order chi connectivity index (χ0) is 11.4. The van der Waals surface area contributed by atoms with Gasteiger partial charge in [0.2, 0.25) is 0 Å². The molecule has 16 heavy (non-hydrogen) atoms. The van der Waals surface area contributed by atoms with Gasteiger partial charge in [-0.2, -0.15) is 5.10 Å². The molecular formula is C10H10Cl2N4. The van der Waals surface area contributed by atoms with Gasteiger partial charge in [0.1, 0.15) is 12.2 Å². The van der Waals surface area contributed by atoms with Crippen LogP contribution in [0.5, 0.6) is 0 Å². The Hall–Kier alpha value is -1.10. The average Bonchev–Trinajstić information content (AvgIpc) is 2.75. The zero-order valence-corrected chi connectivity index (χ0v) is 9.89. The van der Waals surface area contributed by atoms with Crippen LogP contribution in [-0.2, 0) is 13.1 Å². The molecular weight excluding hydrogens is 247 g/mol. The number of aromatic amines is 1. The van der Waals surface area contributed by atoms with Crippen molar-refractivity contribution in [2.24, 2.45) is 0 Å². The molecule has 0 aliphatic rings. The monoisotopic (exact) mass is 256 g/mol. The number of hydrogen-bond acceptors (Lipinski definition) is 3. The third-order valence-electron chi connectivity index (χ3n) is 2.12. The highest BCUT2D eigenvalue weighted by molar-refractivity contribution is 6.35. The Morgan fingerprint density at radius 2 is 1.94 bits per heavy atom. The van der Waals surface area contributed by atoms with Crippen molar-refractivity contribution in [2.45, 2.75) is 13.1 Å². The highest BCUT2D eigenvalue weighted by atomic mass is 35.5. The Labute approximate surface area is 103 Å². The summed E-state index contributed by atoms with van der Waals surface area (Å²) in [5, 5.41) is 11.0. The molecule has 0 spiro atoms. The van der Waals surface area contributed by atoms with Crippen molar-refractivity contribution in [1.82, 2.24) is 20.5 Å². The minimum atomic E-state index is 0.596. The van der Waals surface area contributed by atoms with Crippen molar-refractivity contribution in [3.63, 3.8) is 0 Å². The number of aromatic nitrogens is 3. The van der Waals surface area contributed by atoms with Crippen molar-refractivity contribution in [1.29, 1.82) is 0 Å². The van der Waals surface area contributed by atoms with Gasteiger partial charge < -0.3 is 5.32 Å². The largest absolute Gasteiger partial charge is 0.306 e. The van der Waals surface area contributed by atoms with Crippen molar-refractivity contribution in [3.05, 3.63) is 46.0 Å². The predicted molar refractivity (Wildman–Crippen MR) is 63.4 cm³/mol. The van der Waals surface area contributed by atoms with E-state index < -0.39 is 0 Å². The average molecular weight is 257 g/mol. The molecule has 1 aromatic heterocycles. The Morgan fingerprint density at radius 3 is 2.56 bits per heavy atom. The molecule has 0 radical (unpaired) electrons. The number of nitrogens with one attached hydrogen (secondary N) is 2. The molecule has 0 bridgehead atoms. The van der Waals surface area contributed by atoms with Gasteiger partial charge in [0.15, 0.2) is 0 Å². The first kappa shape index (κ1) is 11.4. The van der Waals surface area contributed by atoms with Crippen LogP contribution in [0.3, 0.4) is 0 Å². The summed E-state index contributed by atoms with van der Waals surface area (Å²) in [6, 6.07) is 5.46. The summed E-state index contributed by atoms with van der Waals surface area (Å²) in [6.45, 7) is 1.20. The maximum Gasteiger partial charge on any atom is 0.138 e. The highest BCUT2D eigenvalue weighted by Crippen LogP contribution is 2.23. The molecule has 0 aliphatic carbocycles. The molecule has 4 nitrogen and oxygen atoms in total. The lowest BCUT2D eigenvalue weighted by Gasteiger charge is -2.07. The number of halogens is 2. The van der Waals surface area contributed by atoms with E-state index in [2.05, 4.69) is 20.5 Å². The lowest BCUT2D eigenvalue weighted by Crippen LogP contribution is -2.14. The second kappa shape index (κ2) is 5.30. The first-order chi connectivity index (χ1) is 7.77. The summed E-state index contributed by atoms with van der Waals surface area (Å²) in [5.74, 6) is 0.781. The Balaban J connectivity index is 1.95. The molecule has 0 saturated carbocycles. The molecule has 0 amide bonds. The molecule has 2 rings (SSSR count). The van der Waals surface area contributed by atoms with Crippen LogP contribution in [0.15, 0.2) is 24.5 Å². The fourth-order valence-electron chi connectivity index (χ4n) is 1.32. The van der Waals surface area contributed by atoms with E-state index in [9.17, 15) is 0 Å². The normalized spacial score (nSPS) is 10.6. The van der Waals surface area contributed by atoms with Crippen LogP contribution in [0.4, 0.5) is 0 Å². The van der Waals surface area contributed by atoms with Crippen LogP contribution in [0, 0.1) is 0 Å². The maximum absolute atomic E-state index is 6.03. The first-order valence-electron chi connectivity index (χ1n) is 4.75. The van der Waals surface area contributed by atoms with Gasteiger partial charge in [-0.3, -0.25) is 5.10 Å². The Kier molecular flexibility index (Phi) is 3.77. The second-order valence-electron chi connectivity index (χ2n) is 3.24. The molecule has 2 N–H and O–H groups in total. The third-order valence-corrected chi connectivity index (χ3v) is 2.83. The fraction of sp³-hybridized carbons (Fsp3) is 0.200. The van der Waals surface area contributed by atoms with Crippen LogP contribution >= 0.6 is 23.2 Å². The molecule has 6 heteroatoms. The molecule has 0 fully saturated rings. The van der Waals surface area contributed by atoms with Crippen LogP contribution < -0.4 is 5.32 Å². The van der Waals surface area contributed by atoms with Crippen LogP contribution in [0.25, 0.3) is 0 Å². The SMILES string of the molecule is Clc1cccc(Cl)c1CNCc1ncn[nH]1. The smallest absolute Gasteiger partial charge is 0.138 e. The maximum atomic E-state index is 6.03. The van der Waals surface area contributed by atoms with Gasteiger partial charge >= 0.3 is 0 Å². The molecule has 1 aromatic carbocycles. The van der Waals surface area contributed by atoms with Gasteiger partial charge in [0.25, 0.3) is 0 Å². The molecule has 0 saturated heterocycles. The quantitative estimate of drug-likeness (QED) is 0.884. The first-order valence-corrected chi connectivity index (χ1v) is 5.51. The summed E-state index contributed by atoms with van der Waals surface area (Å²) < 4.78 is 0. The van der Waals surface area contributed by atoms with E-state index in [-0.39, 0.29) is 0 Å². The zero-order valence-electron chi connectivity index (χ0n) is 8.37. The third kappa shape index (κ3) is 2.72. The Bertz CT molecular complexity index is 436. The fourth-order valence-corrected chi connectivity index (χ4v) is 1.85. The number of H-pyrrole nitrogens is 1. The van der Waals surface area contributed by atoms with Crippen LogP contribution in [-0.4, -0.2) is 15.2 Å². The summed E-state index contributed by atoms with van der Waals surface area (Å²) in [5.41, 5.74) is 0.894. The molecule has 84 valence electrons. The second-order valence-corrected chi connectivity index (χ2v) is 4.05. The highest BCUT2D eigenvalue weighted by Gasteiger charge is 2.04. The van der Waals surface area contributed by atoms with Gasteiger partial charge in [0, 0.05) is 22.2 Å². The van der Waals surface area contributed by atoms with Crippen molar-refractivity contribution in [3.8, 4) is 0 Å². The molecule has 0 unspecified atom stereocenters. The minimum absolute atomic E-state index is 0.596. The van der Waals surface area contributed by atoms with Crippen molar-refractivity contribution >= 4 is 23.2 Å². The van der Waals surface area contributed by atoms with Crippen molar-refractivity contribution < 1.29 is 0 Å². The van der Waals surface area contributed by atoms with Gasteiger partial charge in [-0.25, -0.2) is 4.98 Å². The lowest BCUT2D eigenvalue weighted by molar-refractivity contribution is 0.665. The molecule has 0 aliphatic heterocycles. The predicted octanol–water partition coefficient (Wildman–Crippen LogP) is 2.40. The summed E-state index contributed by atoms with van der Waals surface area (Å²) in [7, 11) is 0. The molecule has 1 heterocycles. The van der Waals surface area contributed by atoms with E-state index in [1.165, 1.54) is 6.33 Å². The Morgan fingerprint density at radius 1 is 1.19 bits per heavy atom. The van der Waals surface area contributed by atoms with E-state index in [1.807, 2.05) is 18.2 Å². The van der Waals surface area contributed by atoms with Gasteiger partial charge in [-0.05, 0) is 12.1 Å². The topological polar surface area (TPSA) is 53.6 Å². The van der Waals surface area contributed by atoms with Crippen molar-refractivity contribution in [2.75, 3.05) is 0 Å². The number of hydrogen-bond donors (Lipinski definition) is 2. The molecule has 2 aromatic rings. The number of rotatable bonds is 4. The van der Waals surface area contributed by atoms with Gasteiger partial charge in [-0.1, -0.05) is 29.3 Å². The van der Waals surface area contributed by atoms with E-state index in [1.54, 1.807) is 0 Å². The van der Waals surface area contributed by atoms with Gasteiger partial charge in [-0.15, -0.1) is 0 Å². The summed E-state index contributed by atoms with van der Waals surface area (Å²) >= 11 is 12.1. The number of benzene rings is 1. The van der Waals surface area contributed by atoms with E-state index in [4.69, 9.17) is 23.2 Å². The standard InChI is InChI=1S/C10H10Cl2N4/c11-8-2-1-3-9(12)7(8)4-13-5-10-14-6-15-16-10/h1-3,6,13H,4-5H2,(H,14,15,16). The van der Waals surface area contributed by atoms with Crippen LogP contribution in [0.1, 0.15) is 11.4 Å². The molecule has 0 atom stereocenters. The van der Waals surface area contributed by atoms with E-state index >= 15 is 0 Å². The lowest BCUT2D eigenvalue weighted by atomic mass is 10.2. The van der Waals surface area contributed by atoms with Crippen LogP contribution in [0.2, 0.25) is 10.0 Å².